The van der Waals surface area contributed by atoms with Crippen molar-refractivity contribution >= 4 is 29.2 Å². The second-order valence-corrected chi connectivity index (χ2v) is 7.82. The van der Waals surface area contributed by atoms with Crippen molar-refractivity contribution in [1.29, 1.82) is 0 Å². The van der Waals surface area contributed by atoms with Gasteiger partial charge in [0.2, 0.25) is 5.91 Å². The number of rotatable bonds is 5. The maximum absolute atomic E-state index is 12.6. The second kappa shape index (κ2) is 9.20. The molecule has 0 bridgehead atoms. The fourth-order valence-corrected chi connectivity index (χ4v) is 4.15. The summed E-state index contributed by atoms with van der Waals surface area (Å²) >= 11 is 0. The van der Waals surface area contributed by atoms with E-state index in [1.165, 1.54) is 0 Å². The summed E-state index contributed by atoms with van der Waals surface area (Å²) in [5, 5.41) is 0. The molecule has 2 aromatic carbocycles. The van der Waals surface area contributed by atoms with Crippen LogP contribution in [-0.2, 0) is 14.3 Å². The maximum atomic E-state index is 12.6. The van der Waals surface area contributed by atoms with Crippen LogP contribution in [0.2, 0.25) is 0 Å². The fraction of sp³-hybridized carbons (Fsp3) is 0.375. The van der Waals surface area contributed by atoms with Gasteiger partial charge in [-0.15, -0.1) is 0 Å². The van der Waals surface area contributed by atoms with Crippen molar-refractivity contribution in [1.82, 2.24) is 4.90 Å². The highest BCUT2D eigenvalue weighted by atomic mass is 16.5. The Bertz CT molecular complexity index is 937. The second-order valence-electron chi connectivity index (χ2n) is 7.82. The normalized spacial score (nSPS) is 18.9. The van der Waals surface area contributed by atoms with Crippen LogP contribution in [0.4, 0.5) is 11.4 Å². The lowest BCUT2D eigenvalue weighted by atomic mass is 10.1. The molecule has 7 heteroatoms. The zero-order chi connectivity index (χ0) is 21.8. The minimum atomic E-state index is -0.401. The Morgan fingerprint density at radius 1 is 0.935 bits per heavy atom. The highest BCUT2D eigenvalue weighted by molar-refractivity contribution is 5.99. The van der Waals surface area contributed by atoms with E-state index in [4.69, 9.17) is 4.74 Å². The largest absolute Gasteiger partial charge is 0.466 e. The monoisotopic (exact) mass is 421 g/mol. The Morgan fingerprint density at radius 2 is 1.58 bits per heavy atom. The van der Waals surface area contributed by atoms with E-state index in [-0.39, 0.29) is 24.2 Å². The third-order valence-corrected chi connectivity index (χ3v) is 5.86. The molecule has 1 atom stereocenters. The number of anilines is 2. The number of hydrogen-bond donors (Lipinski definition) is 0. The summed E-state index contributed by atoms with van der Waals surface area (Å²) in [6.07, 6.45) is 0.192. The first-order chi connectivity index (χ1) is 15.1. The number of ether oxygens (including phenoxy) is 1. The number of carbonyl (C=O) groups excluding carboxylic acids is 3. The molecule has 2 saturated heterocycles. The Hall–Kier alpha value is -3.35. The lowest BCUT2D eigenvalue weighted by Crippen LogP contribution is -2.48. The highest BCUT2D eigenvalue weighted by Gasteiger charge is 2.36. The maximum Gasteiger partial charge on any atom is 0.311 e. The van der Waals surface area contributed by atoms with E-state index in [1.807, 2.05) is 59.5 Å². The molecule has 0 unspecified atom stereocenters. The van der Waals surface area contributed by atoms with E-state index in [0.717, 1.165) is 30.0 Å². The molecule has 0 aromatic heterocycles. The van der Waals surface area contributed by atoms with Crippen LogP contribution in [0.15, 0.2) is 54.6 Å². The smallest absolute Gasteiger partial charge is 0.311 e. The first-order valence-electron chi connectivity index (χ1n) is 10.7. The molecule has 162 valence electrons. The average Bonchev–Trinajstić information content (AvgIpc) is 3.21. The van der Waals surface area contributed by atoms with E-state index in [0.29, 0.717) is 26.2 Å². The van der Waals surface area contributed by atoms with Gasteiger partial charge in [-0.1, -0.05) is 18.2 Å². The van der Waals surface area contributed by atoms with Crippen molar-refractivity contribution < 1.29 is 19.1 Å². The first-order valence-corrected chi connectivity index (χ1v) is 10.7. The summed E-state index contributed by atoms with van der Waals surface area (Å²) < 4.78 is 5.06. The molecule has 0 N–H and O–H groups in total. The molecule has 0 spiro atoms. The van der Waals surface area contributed by atoms with Gasteiger partial charge in [0.1, 0.15) is 0 Å². The fourth-order valence-electron chi connectivity index (χ4n) is 4.15. The van der Waals surface area contributed by atoms with E-state index in [9.17, 15) is 14.4 Å². The van der Waals surface area contributed by atoms with E-state index < -0.39 is 5.92 Å². The Balaban J connectivity index is 1.35. The average molecular weight is 421 g/mol. The van der Waals surface area contributed by atoms with Gasteiger partial charge < -0.3 is 19.4 Å². The van der Waals surface area contributed by atoms with Crippen LogP contribution < -0.4 is 9.80 Å². The SMILES string of the molecule is CCOC(=O)[C@H]1CC(=O)N(c2ccc(N3CCN(C(=O)c4ccccc4)CC3)cc2)C1. The van der Waals surface area contributed by atoms with Crippen LogP contribution >= 0.6 is 0 Å². The van der Waals surface area contributed by atoms with E-state index in [1.54, 1.807) is 11.8 Å². The molecule has 31 heavy (non-hydrogen) atoms. The highest BCUT2D eigenvalue weighted by Crippen LogP contribution is 2.28. The number of esters is 1. The summed E-state index contributed by atoms with van der Waals surface area (Å²) in [5.41, 5.74) is 2.57. The molecule has 2 aromatic rings. The zero-order valence-corrected chi connectivity index (χ0v) is 17.7. The third-order valence-electron chi connectivity index (χ3n) is 5.86. The van der Waals surface area contributed by atoms with Crippen LogP contribution in [-0.4, -0.2) is 62.0 Å². The molecule has 0 aliphatic carbocycles. The molecule has 0 saturated carbocycles. The van der Waals surface area contributed by atoms with Gasteiger partial charge in [-0.3, -0.25) is 14.4 Å². The van der Waals surface area contributed by atoms with Crippen LogP contribution in [0.3, 0.4) is 0 Å². The minimum Gasteiger partial charge on any atom is -0.466 e. The number of hydrogen-bond acceptors (Lipinski definition) is 5. The summed E-state index contributed by atoms with van der Waals surface area (Å²) in [6.45, 7) is 5.29. The van der Waals surface area contributed by atoms with Gasteiger partial charge in [0.05, 0.1) is 12.5 Å². The van der Waals surface area contributed by atoms with Gasteiger partial charge in [0, 0.05) is 56.1 Å². The molecule has 7 nitrogen and oxygen atoms in total. The molecular weight excluding hydrogens is 394 g/mol. The Labute approximate surface area is 182 Å². The first kappa shape index (κ1) is 20.9. The predicted molar refractivity (Wildman–Crippen MR) is 118 cm³/mol. The van der Waals surface area contributed by atoms with Gasteiger partial charge in [0.15, 0.2) is 0 Å². The van der Waals surface area contributed by atoms with Gasteiger partial charge in [-0.05, 0) is 43.3 Å². The van der Waals surface area contributed by atoms with Gasteiger partial charge >= 0.3 is 5.97 Å². The molecule has 2 aliphatic heterocycles. The van der Waals surface area contributed by atoms with Gasteiger partial charge in [0.25, 0.3) is 5.91 Å². The number of piperazine rings is 1. The number of carbonyl (C=O) groups is 3. The Morgan fingerprint density at radius 3 is 2.23 bits per heavy atom. The van der Waals surface area contributed by atoms with Crippen molar-refractivity contribution in [2.75, 3.05) is 49.1 Å². The molecule has 2 amide bonds. The van der Waals surface area contributed by atoms with Crippen LogP contribution in [0.5, 0.6) is 0 Å². The molecule has 4 rings (SSSR count). The number of benzene rings is 2. The van der Waals surface area contributed by atoms with Crippen molar-refractivity contribution in [2.24, 2.45) is 5.92 Å². The summed E-state index contributed by atoms with van der Waals surface area (Å²) in [4.78, 5) is 42.7. The van der Waals surface area contributed by atoms with Crippen LogP contribution in [0, 0.1) is 5.92 Å². The Kier molecular flexibility index (Phi) is 6.21. The minimum absolute atomic E-state index is 0.0566. The molecule has 0 radical (unpaired) electrons. The van der Waals surface area contributed by atoms with Gasteiger partial charge in [-0.2, -0.15) is 0 Å². The topological polar surface area (TPSA) is 70.2 Å². The summed E-state index contributed by atoms with van der Waals surface area (Å²) in [6, 6.07) is 17.2. The molecule has 2 heterocycles. The van der Waals surface area contributed by atoms with Gasteiger partial charge in [-0.25, -0.2) is 0 Å². The third kappa shape index (κ3) is 4.55. The van der Waals surface area contributed by atoms with Crippen molar-refractivity contribution in [2.45, 2.75) is 13.3 Å². The lowest BCUT2D eigenvalue weighted by molar-refractivity contribution is -0.147. The molecule has 2 aliphatic rings. The standard InChI is InChI=1S/C24H27N3O4/c1-2-31-24(30)19-16-22(28)27(17-19)21-10-8-20(9-11-21)25-12-14-26(15-13-25)23(29)18-6-4-3-5-7-18/h3-11,19H,2,12-17H2,1H3/t19-/m0/s1. The zero-order valence-electron chi connectivity index (χ0n) is 17.7. The van der Waals surface area contributed by atoms with E-state index >= 15 is 0 Å². The van der Waals surface area contributed by atoms with E-state index in [2.05, 4.69) is 4.90 Å². The number of amides is 2. The number of nitrogens with zero attached hydrogens (tertiary/aromatic N) is 3. The summed E-state index contributed by atoms with van der Waals surface area (Å²) in [5.74, 6) is -0.696. The molecular formula is C24H27N3O4. The van der Waals surface area contributed by atoms with Crippen LogP contribution in [0.25, 0.3) is 0 Å². The predicted octanol–water partition coefficient (Wildman–Crippen LogP) is 2.57. The molecule has 2 fully saturated rings. The van der Waals surface area contributed by atoms with Crippen molar-refractivity contribution in [3.63, 3.8) is 0 Å². The lowest BCUT2D eigenvalue weighted by Gasteiger charge is -2.36. The van der Waals surface area contributed by atoms with Crippen LogP contribution in [0.1, 0.15) is 23.7 Å². The summed E-state index contributed by atoms with van der Waals surface area (Å²) in [7, 11) is 0. The van der Waals surface area contributed by atoms with Crippen molar-refractivity contribution in [3.8, 4) is 0 Å². The quantitative estimate of drug-likeness (QED) is 0.694. The van der Waals surface area contributed by atoms with Crippen molar-refractivity contribution in [3.05, 3.63) is 60.2 Å².